The predicted molar refractivity (Wildman–Crippen MR) is 142 cm³/mol. The number of aryl methyl sites for hydroxylation is 1. The molecule has 7 nitrogen and oxygen atoms in total. The molecule has 8 heteroatoms. The second-order valence-corrected chi connectivity index (χ2v) is 10.9. The predicted octanol–water partition coefficient (Wildman–Crippen LogP) is 5.73. The molecule has 1 N–H and O–H groups in total. The molecule has 0 aliphatic carbocycles. The minimum absolute atomic E-state index is 0.00793. The van der Waals surface area contributed by atoms with Crippen LogP contribution in [0, 0.1) is 6.92 Å². The molecule has 2 aliphatic heterocycles. The number of aliphatic hydroxyl groups is 1. The first-order valence-corrected chi connectivity index (χ1v) is 13.1. The van der Waals surface area contributed by atoms with Crippen LogP contribution in [0.5, 0.6) is 5.75 Å². The van der Waals surface area contributed by atoms with Crippen LogP contribution in [0.15, 0.2) is 48.0 Å². The number of benzene rings is 2. The average Bonchev–Trinajstić information content (AvgIpc) is 3.50. The molecule has 2 aliphatic rings. The van der Waals surface area contributed by atoms with Gasteiger partial charge in [0, 0.05) is 18.9 Å². The molecule has 0 saturated carbocycles. The molecule has 1 aromatic heterocycles. The lowest BCUT2D eigenvalue weighted by molar-refractivity contribution is -0.132. The number of carbonyl (C=O) groups excluding carboxylic acids is 3. The molecule has 0 bridgehead atoms. The monoisotopic (exact) mass is 516 g/mol. The number of hydrogen-bond donors (Lipinski definition) is 1. The number of thiazole rings is 1. The Kier molecular flexibility index (Phi) is 6.23. The lowest BCUT2D eigenvalue weighted by atomic mass is 9.93. The third-order valence-corrected chi connectivity index (χ3v) is 8.10. The summed E-state index contributed by atoms with van der Waals surface area (Å²) in [6.07, 6.45) is 0.720. The van der Waals surface area contributed by atoms with Crippen molar-refractivity contribution in [3.63, 3.8) is 0 Å². The Labute approximate surface area is 219 Å². The fourth-order valence-corrected chi connectivity index (χ4v) is 5.93. The Hall–Kier alpha value is -3.78. The molecule has 5 rings (SSSR count). The molecule has 3 heterocycles. The maximum absolute atomic E-state index is 13.5. The highest BCUT2D eigenvalue weighted by Gasteiger charge is 2.48. The summed E-state index contributed by atoms with van der Waals surface area (Å²) in [7, 11) is 0. The summed E-state index contributed by atoms with van der Waals surface area (Å²) in [5, 5.41) is 11.7. The van der Waals surface area contributed by atoms with Gasteiger partial charge in [0.1, 0.15) is 17.6 Å². The van der Waals surface area contributed by atoms with Gasteiger partial charge in [-0.1, -0.05) is 49.4 Å². The Morgan fingerprint density at radius 1 is 1.16 bits per heavy atom. The standard InChI is InChI=1S/C29H28N2O5S/c1-14(2)18-6-8-19(9-7-18)24-23(25(33)20-10-11-22-21(13-20)12-15(3)36-22)26(34)28(35)31(24)29-30-16(4)27(37-29)17(5)32/h6-11,13-15,24,33H,12H2,1-5H3/b25-23+/t15-,24+/m1/s1. The lowest BCUT2D eigenvalue weighted by Gasteiger charge is -2.23. The zero-order valence-corrected chi connectivity index (χ0v) is 22.2. The first-order chi connectivity index (χ1) is 17.6. The largest absolute Gasteiger partial charge is 0.507 e. The van der Waals surface area contributed by atoms with Crippen molar-refractivity contribution in [1.82, 2.24) is 4.98 Å². The molecule has 190 valence electrons. The topological polar surface area (TPSA) is 96.8 Å². The Morgan fingerprint density at radius 3 is 2.49 bits per heavy atom. The number of amides is 1. The van der Waals surface area contributed by atoms with Crippen LogP contribution in [0.25, 0.3) is 5.76 Å². The zero-order valence-electron chi connectivity index (χ0n) is 21.4. The number of fused-ring (bicyclic) bond motifs is 1. The molecule has 0 radical (unpaired) electrons. The molecule has 37 heavy (non-hydrogen) atoms. The van der Waals surface area contributed by atoms with E-state index in [9.17, 15) is 19.5 Å². The van der Waals surface area contributed by atoms with Gasteiger partial charge in [0.2, 0.25) is 0 Å². The van der Waals surface area contributed by atoms with Gasteiger partial charge < -0.3 is 9.84 Å². The molecular weight excluding hydrogens is 488 g/mol. The van der Waals surface area contributed by atoms with E-state index in [2.05, 4.69) is 18.8 Å². The molecule has 2 aromatic carbocycles. The van der Waals surface area contributed by atoms with Gasteiger partial charge in [0.15, 0.2) is 10.9 Å². The summed E-state index contributed by atoms with van der Waals surface area (Å²) in [6.45, 7) is 9.28. The smallest absolute Gasteiger partial charge is 0.301 e. The SMILES string of the molecule is CC(=O)c1sc(N2C(=O)C(=O)/C(=C(/O)c3ccc4c(c3)C[C@@H](C)O4)[C@@H]2c2ccc(C(C)C)cc2)nc1C. The number of aromatic nitrogens is 1. The second-order valence-electron chi connectivity index (χ2n) is 9.91. The Balaban J connectivity index is 1.69. The van der Waals surface area contributed by atoms with E-state index >= 15 is 0 Å². The van der Waals surface area contributed by atoms with Gasteiger partial charge in [0.05, 0.1) is 22.2 Å². The van der Waals surface area contributed by atoms with Gasteiger partial charge in [-0.3, -0.25) is 19.3 Å². The minimum Gasteiger partial charge on any atom is -0.507 e. The van der Waals surface area contributed by atoms with E-state index in [0.29, 0.717) is 34.0 Å². The number of nitrogens with zero attached hydrogens (tertiary/aromatic N) is 2. The van der Waals surface area contributed by atoms with Gasteiger partial charge >= 0.3 is 5.91 Å². The number of Topliss-reactive ketones (excluding diaryl/α,β-unsaturated/α-hetero) is 2. The van der Waals surface area contributed by atoms with Crippen molar-refractivity contribution in [1.29, 1.82) is 0 Å². The van der Waals surface area contributed by atoms with Gasteiger partial charge in [-0.2, -0.15) is 0 Å². The van der Waals surface area contributed by atoms with Crippen molar-refractivity contribution in [2.75, 3.05) is 4.90 Å². The average molecular weight is 517 g/mol. The molecule has 3 aromatic rings. The summed E-state index contributed by atoms with van der Waals surface area (Å²) < 4.78 is 5.77. The fraction of sp³-hybridized carbons (Fsp3) is 0.310. The number of ketones is 2. The van der Waals surface area contributed by atoms with Crippen molar-refractivity contribution in [3.05, 3.63) is 80.9 Å². The number of carbonyl (C=O) groups is 3. The van der Waals surface area contributed by atoms with Crippen molar-refractivity contribution in [2.45, 2.75) is 59.1 Å². The van der Waals surface area contributed by atoms with Gasteiger partial charge in [-0.25, -0.2) is 4.98 Å². The normalized spacial score (nSPS) is 20.4. The van der Waals surface area contributed by atoms with Crippen LogP contribution < -0.4 is 9.64 Å². The molecule has 0 spiro atoms. The molecule has 2 atom stereocenters. The number of aliphatic hydroxyl groups excluding tert-OH is 1. The van der Waals surface area contributed by atoms with E-state index < -0.39 is 17.7 Å². The fourth-order valence-electron chi connectivity index (χ4n) is 4.95. The van der Waals surface area contributed by atoms with E-state index in [0.717, 1.165) is 28.2 Å². The van der Waals surface area contributed by atoms with E-state index in [1.54, 1.807) is 19.1 Å². The summed E-state index contributed by atoms with van der Waals surface area (Å²) in [4.78, 5) is 45.2. The summed E-state index contributed by atoms with van der Waals surface area (Å²) in [6, 6.07) is 12.1. The van der Waals surface area contributed by atoms with E-state index in [1.807, 2.05) is 37.3 Å². The van der Waals surface area contributed by atoms with Crippen LogP contribution in [0.2, 0.25) is 0 Å². The second kappa shape index (κ2) is 9.27. The van der Waals surface area contributed by atoms with E-state index in [1.165, 1.54) is 11.8 Å². The van der Waals surface area contributed by atoms with Crippen LogP contribution in [0.4, 0.5) is 5.13 Å². The zero-order chi connectivity index (χ0) is 26.6. The van der Waals surface area contributed by atoms with Crippen LogP contribution in [0.1, 0.15) is 77.3 Å². The quantitative estimate of drug-likeness (QED) is 0.201. The molecule has 0 unspecified atom stereocenters. The van der Waals surface area contributed by atoms with Crippen molar-refractivity contribution < 1.29 is 24.2 Å². The highest BCUT2D eigenvalue weighted by atomic mass is 32.1. The molecule has 1 fully saturated rings. The highest BCUT2D eigenvalue weighted by Crippen LogP contribution is 2.44. The molecule has 1 saturated heterocycles. The van der Waals surface area contributed by atoms with Crippen molar-refractivity contribution in [2.24, 2.45) is 0 Å². The van der Waals surface area contributed by atoms with Gasteiger partial charge in [-0.05, 0) is 54.7 Å². The first-order valence-electron chi connectivity index (χ1n) is 12.3. The van der Waals surface area contributed by atoms with Gasteiger partial charge in [-0.15, -0.1) is 0 Å². The Morgan fingerprint density at radius 2 is 1.86 bits per heavy atom. The van der Waals surface area contributed by atoms with Crippen LogP contribution in [-0.2, 0) is 16.0 Å². The maximum Gasteiger partial charge on any atom is 0.301 e. The summed E-state index contributed by atoms with van der Waals surface area (Å²) in [5.74, 6) is -0.942. The summed E-state index contributed by atoms with van der Waals surface area (Å²) in [5.41, 5.74) is 3.64. The van der Waals surface area contributed by atoms with Crippen molar-refractivity contribution >= 4 is 39.7 Å². The lowest BCUT2D eigenvalue weighted by Crippen LogP contribution is -2.29. The molecule has 1 amide bonds. The Bertz CT molecular complexity index is 1470. The van der Waals surface area contributed by atoms with Crippen molar-refractivity contribution in [3.8, 4) is 5.75 Å². The highest BCUT2D eigenvalue weighted by molar-refractivity contribution is 7.18. The number of hydrogen-bond acceptors (Lipinski definition) is 7. The van der Waals surface area contributed by atoms with E-state index in [-0.39, 0.29) is 28.4 Å². The maximum atomic E-state index is 13.5. The van der Waals surface area contributed by atoms with Gasteiger partial charge in [0.25, 0.3) is 5.78 Å². The number of anilines is 1. The third kappa shape index (κ3) is 4.25. The third-order valence-electron chi connectivity index (χ3n) is 6.84. The van der Waals surface area contributed by atoms with E-state index in [4.69, 9.17) is 4.74 Å². The summed E-state index contributed by atoms with van der Waals surface area (Å²) >= 11 is 1.07. The number of ether oxygens (including phenoxy) is 1. The first kappa shape index (κ1) is 24.9. The minimum atomic E-state index is -0.894. The van der Waals surface area contributed by atoms with Crippen LogP contribution in [0.3, 0.4) is 0 Å². The van der Waals surface area contributed by atoms with Crippen LogP contribution in [-0.4, -0.2) is 33.7 Å². The van der Waals surface area contributed by atoms with Crippen LogP contribution >= 0.6 is 11.3 Å². The molecular formula is C29H28N2O5S. The number of rotatable bonds is 5.